The van der Waals surface area contributed by atoms with E-state index < -0.39 is 11.0 Å². The summed E-state index contributed by atoms with van der Waals surface area (Å²) in [5.74, 6) is -0.0470. The number of rotatable bonds is 7. The van der Waals surface area contributed by atoms with Crippen LogP contribution >= 0.6 is 11.3 Å². The summed E-state index contributed by atoms with van der Waals surface area (Å²) in [4.78, 5) is 22.8. The van der Waals surface area contributed by atoms with Gasteiger partial charge in [-0.15, -0.1) is 11.3 Å². The van der Waals surface area contributed by atoms with E-state index >= 15 is 0 Å². The van der Waals surface area contributed by atoms with Gasteiger partial charge in [0.05, 0.1) is 17.4 Å². The molecule has 0 spiro atoms. The number of pyridine rings is 1. The lowest BCUT2D eigenvalue weighted by molar-refractivity contribution is -0.117. The van der Waals surface area contributed by atoms with E-state index in [0.29, 0.717) is 10.8 Å². The zero-order chi connectivity index (χ0) is 19.5. The number of hydrogen-bond donors (Lipinski definition) is 1. The van der Waals surface area contributed by atoms with Crippen LogP contribution in [0.25, 0.3) is 11.1 Å². The largest absolute Gasteiger partial charge is 0.315 e. The summed E-state index contributed by atoms with van der Waals surface area (Å²) in [6.07, 6.45) is 5.76. The van der Waals surface area contributed by atoms with E-state index in [1.807, 2.05) is 48.0 Å². The summed E-state index contributed by atoms with van der Waals surface area (Å²) >= 11 is 1.38. The van der Waals surface area contributed by atoms with Crippen molar-refractivity contribution < 1.29 is 9.00 Å². The Kier molecular flexibility index (Phi) is 5.50. The van der Waals surface area contributed by atoms with Crippen molar-refractivity contribution in [1.82, 2.24) is 9.97 Å². The number of nitrogens with zero attached hydrogens (tertiary/aromatic N) is 3. The number of carbonyl (C=O) groups is 1. The second-order valence-electron chi connectivity index (χ2n) is 6.66. The van der Waals surface area contributed by atoms with Crippen LogP contribution in [0.15, 0.2) is 54.2 Å². The van der Waals surface area contributed by atoms with Gasteiger partial charge in [-0.25, -0.2) is 9.19 Å². The molecular formula is C20H20N4O2S2. The Bertz CT molecular complexity index is 985. The second-order valence-corrected chi connectivity index (χ2v) is 8.98. The smallest absolute Gasteiger partial charge is 0.232 e. The van der Waals surface area contributed by atoms with Gasteiger partial charge in [-0.2, -0.15) is 0 Å². The molecule has 1 saturated carbocycles. The average molecular weight is 413 g/mol. The van der Waals surface area contributed by atoms with E-state index in [1.165, 1.54) is 11.3 Å². The molecule has 1 aliphatic carbocycles. The number of aromatic nitrogens is 2. The van der Waals surface area contributed by atoms with Gasteiger partial charge >= 0.3 is 0 Å². The lowest BCUT2D eigenvalue weighted by atomic mass is 10.1. The number of hydrogen-bond acceptors (Lipinski definition) is 5. The molecule has 0 radical (unpaired) electrons. The van der Waals surface area contributed by atoms with Gasteiger partial charge in [-0.05, 0) is 42.2 Å². The molecule has 2 heterocycles. The third kappa shape index (κ3) is 4.45. The van der Waals surface area contributed by atoms with Crippen molar-refractivity contribution in [2.24, 2.45) is 0 Å². The van der Waals surface area contributed by atoms with Crippen LogP contribution in [0.1, 0.15) is 18.5 Å². The van der Waals surface area contributed by atoms with Crippen molar-refractivity contribution in [2.45, 2.75) is 24.5 Å². The quantitative estimate of drug-likeness (QED) is 0.643. The highest BCUT2D eigenvalue weighted by molar-refractivity contribution is 7.87. The molecule has 1 N–H and O–H groups in total. The van der Waals surface area contributed by atoms with Crippen LogP contribution in [0.3, 0.4) is 0 Å². The molecule has 2 aromatic heterocycles. The van der Waals surface area contributed by atoms with Crippen LogP contribution in [-0.4, -0.2) is 32.4 Å². The van der Waals surface area contributed by atoms with Crippen LogP contribution in [0.4, 0.5) is 10.8 Å². The van der Waals surface area contributed by atoms with Crippen molar-refractivity contribution in [3.8, 4) is 11.1 Å². The van der Waals surface area contributed by atoms with Crippen LogP contribution in [-0.2, 0) is 22.2 Å². The Hall–Kier alpha value is -2.58. The summed E-state index contributed by atoms with van der Waals surface area (Å²) in [6, 6.07) is 11.7. The highest BCUT2D eigenvalue weighted by Gasteiger charge is 2.29. The van der Waals surface area contributed by atoms with E-state index in [1.54, 1.807) is 18.1 Å². The molecule has 0 saturated heterocycles. The Balaban J connectivity index is 1.38. The number of benzene rings is 1. The molecule has 6 nitrogen and oxygen atoms in total. The summed E-state index contributed by atoms with van der Waals surface area (Å²) in [7, 11) is 0.690. The predicted molar refractivity (Wildman–Crippen MR) is 114 cm³/mol. The van der Waals surface area contributed by atoms with E-state index in [9.17, 15) is 9.00 Å². The van der Waals surface area contributed by atoms with Gasteiger partial charge < -0.3 is 4.90 Å². The Morgan fingerprint density at radius 3 is 2.71 bits per heavy atom. The minimum atomic E-state index is -1.07. The lowest BCUT2D eigenvalue weighted by Gasteiger charge is -2.17. The van der Waals surface area contributed by atoms with Crippen molar-refractivity contribution in [3.63, 3.8) is 0 Å². The molecule has 3 aromatic rings. The molecule has 1 amide bonds. The number of likely N-dealkylation sites (N-methyl/N-ethyl adjacent to an activating group) is 1. The highest BCUT2D eigenvalue weighted by atomic mass is 32.2. The fourth-order valence-electron chi connectivity index (χ4n) is 2.72. The van der Waals surface area contributed by atoms with E-state index in [0.717, 1.165) is 29.7 Å². The zero-order valence-electron chi connectivity index (χ0n) is 15.4. The molecule has 0 bridgehead atoms. The van der Waals surface area contributed by atoms with Crippen molar-refractivity contribution in [1.29, 1.82) is 0 Å². The topological polar surface area (TPSA) is 75.2 Å². The van der Waals surface area contributed by atoms with Gasteiger partial charge in [0.25, 0.3) is 0 Å². The number of amides is 1. The van der Waals surface area contributed by atoms with Crippen LogP contribution < -0.4 is 9.62 Å². The average Bonchev–Trinajstić information content (AvgIpc) is 3.50. The summed E-state index contributed by atoms with van der Waals surface area (Å²) in [5.41, 5.74) is 3.59. The van der Waals surface area contributed by atoms with Gasteiger partial charge in [0.2, 0.25) is 5.91 Å². The number of anilines is 2. The fraction of sp³-hybridized carbons (Fsp3) is 0.250. The maximum absolute atomic E-state index is 12.6. The van der Waals surface area contributed by atoms with Gasteiger partial charge in [0, 0.05) is 30.5 Å². The maximum Gasteiger partial charge on any atom is 0.232 e. The molecular weight excluding hydrogens is 392 g/mol. The predicted octanol–water partition coefficient (Wildman–Crippen LogP) is 3.65. The minimum Gasteiger partial charge on any atom is -0.315 e. The van der Waals surface area contributed by atoms with Gasteiger partial charge in [-0.1, -0.05) is 18.2 Å². The normalized spacial score (nSPS) is 14.5. The summed E-state index contributed by atoms with van der Waals surface area (Å²) in [6.45, 7) is 0. The zero-order valence-corrected chi connectivity index (χ0v) is 17.0. The SMILES string of the molecule is CN(C(=O)Cc1csc(NS(=O)C2CC2)n1)c1ccc(-c2cccnc2)cc1. The first kappa shape index (κ1) is 18.8. The van der Waals surface area contributed by atoms with Crippen molar-refractivity contribution in [2.75, 3.05) is 16.7 Å². The minimum absolute atomic E-state index is 0.0470. The first-order chi connectivity index (χ1) is 13.6. The van der Waals surface area contributed by atoms with Crippen LogP contribution in [0, 0.1) is 0 Å². The molecule has 0 aliphatic heterocycles. The molecule has 1 unspecified atom stereocenters. The molecule has 4 rings (SSSR count). The van der Waals surface area contributed by atoms with Gasteiger partial charge in [0.1, 0.15) is 11.0 Å². The fourth-order valence-corrected chi connectivity index (χ4v) is 4.66. The van der Waals surface area contributed by atoms with Gasteiger partial charge in [0.15, 0.2) is 5.13 Å². The lowest BCUT2D eigenvalue weighted by Crippen LogP contribution is -2.27. The van der Waals surface area contributed by atoms with Crippen molar-refractivity contribution in [3.05, 3.63) is 59.9 Å². The monoisotopic (exact) mass is 412 g/mol. The van der Waals surface area contributed by atoms with Crippen LogP contribution in [0.5, 0.6) is 0 Å². The first-order valence-electron chi connectivity index (χ1n) is 8.99. The Morgan fingerprint density at radius 1 is 1.25 bits per heavy atom. The second kappa shape index (κ2) is 8.20. The first-order valence-corrected chi connectivity index (χ1v) is 11.1. The molecule has 1 atom stereocenters. The number of nitrogens with one attached hydrogen (secondary N) is 1. The molecule has 28 heavy (non-hydrogen) atoms. The van der Waals surface area contributed by atoms with E-state index in [2.05, 4.69) is 14.7 Å². The van der Waals surface area contributed by atoms with Gasteiger partial charge in [-0.3, -0.25) is 14.5 Å². The molecule has 1 aliphatic rings. The summed E-state index contributed by atoms with van der Waals surface area (Å²) < 4.78 is 14.8. The third-order valence-electron chi connectivity index (χ3n) is 4.52. The molecule has 1 aromatic carbocycles. The molecule has 1 fully saturated rings. The van der Waals surface area contributed by atoms with E-state index in [-0.39, 0.29) is 17.6 Å². The maximum atomic E-state index is 12.6. The Labute approximate surface area is 170 Å². The number of thiazole rings is 1. The number of carbonyl (C=O) groups excluding carboxylic acids is 1. The molecule has 144 valence electrons. The molecule has 8 heteroatoms. The Morgan fingerprint density at radius 2 is 2.04 bits per heavy atom. The van der Waals surface area contributed by atoms with Crippen molar-refractivity contribution >= 4 is 39.0 Å². The third-order valence-corrected chi connectivity index (χ3v) is 6.93. The van der Waals surface area contributed by atoms with E-state index in [4.69, 9.17) is 0 Å². The standard InChI is InChI=1S/C20H20N4O2S2/c1-24(17-6-4-14(5-7-17)15-3-2-10-21-12-15)19(25)11-16-13-27-20(22-16)23-28(26)18-8-9-18/h2-7,10,12-13,18H,8-9,11H2,1H3,(H,22,23). The summed E-state index contributed by atoms with van der Waals surface area (Å²) in [5, 5.41) is 2.69. The highest BCUT2D eigenvalue weighted by Crippen LogP contribution is 2.28. The van der Waals surface area contributed by atoms with Crippen LogP contribution in [0.2, 0.25) is 0 Å².